The molecule has 20 heavy (non-hydrogen) atoms. The summed E-state index contributed by atoms with van der Waals surface area (Å²) in [6.45, 7) is 5.03. The third-order valence-corrected chi connectivity index (χ3v) is 4.08. The fourth-order valence-electron chi connectivity index (χ4n) is 2.72. The van der Waals surface area contributed by atoms with Crippen LogP contribution in [0.5, 0.6) is 0 Å². The monoisotopic (exact) mass is 276 g/mol. The standard InChI is InChI=1S/C16H24N2O2/c1-12-10-17-9-8-14(12)11-18-16(19)15(20-2)13-6-4-3-5-7-13/h3-7,12,14-15,17H,8-11H2,1-2H3,(H,18,19). The van der Waals surface area contributed by atoms with Crippen LogP contribution in [0.15, 0.2) is 30.3 Å². The summed E-state index contributed by atoms with van der Waals surface area (Å²) in [5.41, 5.74) is 0.894. The molecule has 3 unspecified atom stereocenters. The maximum atomic E-state index is 12.3. The van der Waals surface area contributed by atoms with E-state index in [0.29, 0.717) is 11.8 Å². The second-order valence-electron chi connectivity index (χ2n) is 5.50. The van der Waals surface area contributed by atoms with Gasteiger partial charge in [-0.25, -0.2) is 0 Å². The van der Waals surface area contributed by atoms with Gasteiger partial charge in [-0.15, -0.1) is 0 Å². The number of hydrogen-bond donors (Lipinski definition) is 2. The first-order valence-electron chi connectivity index (χ1n) is 7.28. The van der Waals surface area contributed by atoms with Crippen LogP contribution in [0, 0.1) is 11.8 Å². The Kier molecular flexibility index (Phi) is 5.56. The van der Waals surface area contributed by atoms with E-state index in [-0.39, 0.29) is 5.91 Å². The van der Waals surface area contributed by atoms with Crippen molar-refractivity contribution in [3.05, 3.63) is 35.9 Å². The molecule has 4 heteroatoms. The van der Waals surface area contributed by atoms with Crippen LogP contribution in [0.2, 0.25) is 0 Å². The Morgan fingerprint density at radius 2 is 2.20 bits per heavy atom. The van der Waals surface area contributed by atoms with Gasteiger partial charge in [0.15, 0.2) is 6.10 Å². The lowest BCUT2D eigenvalue weighted by molar-refractivity contribution is -0.131. The number of piperidine rings is 1. The molecule has 1 aromatic carbocycles. The normalized spacial score (nSPS) is 24.1. The molecular formula is C16H24N2O2. The Labute approximate surface area is 120 Å². The molecule has 1 aliphatic rings. The maximum Gasteiger partial charge on any atom is 0.253 e. The van der Waals surface area contributed by atoms with Gasteiger partial charge < -0.3 is 15.4 Å². The van der Waals surface area contributed by atoms with Crippen LogP contribution in [0.1, 0.15) is 25.0 Å². The maximum absolute atomic E-state index is 12.3. The first kappa shape index (κ1) is 15.0. The van der Waals surface area contributed by atoms with Gasteiger partial charge in [-0.1, -0.05) is 37.3 Å². The summed E-state index contributed by atoms with van der Waals surface area (Å²) in [7, 11) is 1.57. The van der Waals surface area contributed by atoms with E-state index >= 15 is 0 Å². The lowest BCUT2D eigenvalue weighted by Gasteiger charge is -2.30. The van der Waals surface area contributed by atoms with Gasteiger partial charge in [-0.05, 0) is 36.9 Å². The molecule has 1 amide bonds. The molecule has 0 aliphatic carbocycles. The molecule has 0 saturated carbocycles. The predicted octanol–water partition coefficient (Wildman–Crippen LogP) is 1.74. The second kappa shape index (κ2) is 7.41. The predicted molar refractivity (Wildman–Crippen MR) is 79.3 cm³/mol. The van der Waals surface area contributed by atoms with Gasteiger partial charge in [-0.2, -0.15) is 0 Å². The Bertz CT molecular complexity index is 422. The van der Waals surface area contributed by atoms with E-state index in [1.807, 2.05) is 30.3 Å². The van der Waals surface area contributed by atoms with Gasteiger partial charge in [0.25, 0.3) is 5.91 Å². The third-order valence-electron chi connectivity index (χ3n) is 4.08. The summed E-state index contributed by atoms with van der Waals surface area (Å²) in [5, 5.41) is 6.42. The van der Waals surface area contributed by atoms with Crippen molar-refractivity contribution in [2.45, 2.75) is 19.4 Å². The van der Waals surface area contributed by atoms with E-state index in [1.54, 1.807) is 7.11 Å². The molecule has 1 saturated heterocycles. The molecule has 1 heterocycles. The van der Waals surface area contributed by atoms with Crippen LogP contribution in [0.3, 0.4) is 0 Å². The minimum atomic E-state index is -0.520. The summed E-state index contributed by atoms with van der Waals surface area (Å²) in [5.74, 6) is 1.10. The molecule has 4 nitrogen and oxygen atoms in total. The van der Waals surface area contributed by atoms with E-state index in [0.717, 1.165) is 31.6 Å². The van der Waals surface area contributed by atoms with Crippen molar-refractivity contribution >= 4 is 5.91 Å². The third kappa shape index (κ3) is 3.81. The van der Waals surface area contributed by atoms with Crippen molar-refractivity contribution in [3.63, 3.8) is 0 Å². The second-order valence-corrected chi connectivity index (χ2v) is 5.50. The van der Waals surface area contributed by atoms with E-state index in [2.05, 4.69) is 17.6 Å². The molecule has 1 aliphatic heterocycles. The zero-order valence-corrected chi connectivity index (χ0v) is 12.3. The largest absolute Gasteiger partial charge is 0.367 e. The highest BCUT2D eigenvalue weighted by molar-refractivity contribution is 5.82. The van der Waals surface area contributed by atoms with E-state index in [1.165, 1.54) is 0 Å². The Hall–Kier alpha value is -1.39. The number of benzene rings is 1. The molecule has 3 atom stereocenters. The van der Waals surface area contributed by atoms with Gasteiger partial charge in [0.05, 0.1) is 0 Å². The Morgan fingerprint density at radius 1 is 1.45 bits per heavy atom. The fourth-order valence-corrected chi connectivity index (χ4v) is 2.72. The Balaban J connectivity index is 1.89. The van der Waals surface area contributed by atoms with Crippen molar-refractivity contribution in [2.75, 3.05) is 26.7 Å². The van der Waals surface area contributed by atoms with Crippen LogP contribution >= 0.6 is 0 Å². The highest BCUT2D eigenvalue weighted by atomic mass is 16.5. The highest BCUT2D eigenvalue weighted by Crippen LogP contribution is 2.19. The van der Waals surface area contributed by atoms with Crippen molar-refractivity contribution in [2.24, 2.45) is 11.8 Å². The number of ether oxygens (including phenoxy) is 1. The highest BCUT2D eigenvalue weighted by Gasteiger charge is 2.24. The first-order chi connectivity index (χ1) is 9.72. The number of nitrogens with one attached hydrogen (secondary N) is 2. The zero-order valence-electron chi connectivity index (χ0n) is 12.3. The molecule has 2 rings (SSSR count). The van der Waals surface area contributed by atoms with Crippen LogP contribution in [0.25, 0.3) is 0 Å². The fraction of sp³-hybridized carbons (Fsp3) is 0.562. The van der Waals surface area contributed by atoms with Crippen molar-refractivity contribution in [1.29, 1.82) is 0 Å². The van der Waals surface area contributed by atoms with Gasteiger partial charge in [0.2, 0.25) is 0 Å². The van der Waals surface area contributed by atoms with Crippen LogP contribution in [-0.2, 0) is 9.53 Å². The summed E-state index contributed by atoms with van der Waals surface area (Å²) in [6.07, 6.45) is 0.595. The minimum Gasteiger partial charge on any atom is -0.367 e. The summed E-state index contributed by atoms with van der Waals surface area (Å²) < 4.78 is 5.34. The van der Waals surface area contributed by atoms with Crippen molar-refractivity contribution in [1.82, 2.24) is 10.6 Å². The van der Waals surface area contributed by atoms with Gasteiger partial charge in [0.1, 0.15) is 0 Å². The lowest BCUT2D eigenvalue weighted by Crippen LogP contribution is -2.42. The average molecular weight is 276 g/mol. The van der Waals surface area contributed by atoms with Crippen molar-refractivity contribution < 1.29 is 9.53 Å². The van der Waals surface area contributed by atoms with Crippen LogP contribution in [-0.4, -0.2) is 32.7 Å². The molecule has 1 fully saturated rings. The quantitative estimate of drug-likeness (QED) is 0.861. The van der Waals surface area contributed by atoms with Gasteiger partial charge >= 0.3 is 0 Å². The van der Waals surface area contributed by atoms with E-state index in [4.69, 9.17) is 4.74 Å². The minimum absolute atomic E-state index is 0.0515. The molecule has 0 aromatic heterocycles. The topological polar surface area (TPSA) is 50.4 Å². The summed E-state index contributed by atoms with van der Waals surface area (Å²) >= 11 is 0. The summed E-state index contributed by atoms with van der Waals surface area (Å²) in [4.78, 5) is 12.3. The lowest BCUT2D eigenvalue weighted by atomic mass is 9.88. The SMILES string of the molecule is COC(C(=O)NCC1CCNCC1C)c1ccccc1. The molecule has 2 N–H and O–H groups in total. The first-order valence-corrected chi connectivity index (χ1v) is 7.28. The van der Waals surface area contributed by atoms with Crippen LogP contribution < -0.4 is 10.6 Å². The average Bonchev–Trinajstić information content (AvgIpc) is 2.48. The Morgan fingerprint density at radius 3 is 2.85 bits per heavy atom. The molecule has 0 radical (unpaired) electrons. The van der Waals surface area contributed by atoms with Gasteiger partial charge in [0, 0.05) is 13.7 Å². The number of amides is 1. The summed E-state index contributed by atoms with van der Waals surface area (Å²) in [6, 6.07) is 9.61. The van der Waals surface area contributed by atoms with E-state index < -0.39 is 6.10 Å². The molecule has 1 aromatic rings. The number of carbonyl (C=O) groups is 1. The zero-order chi connectivity index (χ0) is 14.4. The molecular weight excluding hydrogens is 252 g/mol. The van der Waals surface area contributed by atoms with Crippen LogP contribution in [0.4, 0.5) is 0 Å². The van der Waals surface area contributed by atoms with Gasteiger partial charge in [-0.3, -0.25) is 4.79 Å². The van der Waals surface area contributed by atoms with E-state index in [9.17, 15) is 4.79 Å². The number of hydrogen-bond acceptors (Lipinski definition) is 3. The number of rotatable bonds is 5. The molecule has 0 bridgehead atoms. The van der Waals surface area contributed by atoms with Crippen molar-refractivity contribution in [3.8, 4) is 0 Å². The molecule has 0 spiro atoms. The molecule has 110 valence electrons. The number of methoxy groups -OCH3 is 1. The smallest absolute Gasteiger partial charge is 0.253 e. The number of carbonyl (C=O) groups excluding carboxylic acids is 1.